The summed E-state index contributed by atoms with van der Waals surface area (Å²) in [6.07, 6.45) is 2.47. The highest BCUT2D eigenvalue weighted by atomic mass is 16.3. The standard InChI is InChI=1S/C19H25N3O2/c1-16-5-2-6-17(15-16)22-12-10-21(11-13-22)9-4-8-20-19(23)18-7-3-14-24-18/h2-3,5-7,14-15H,4,8-13H2,1H3,(H,20,23). The molecule has 1 saturated heterocycles. The molecule has 5 nitrogen and oxygen atoms in total. The highest BCUT2D eigenvalue weighted by Gasteiger charge is 2.17. The molecule has 5 heteroatoms. The van der Waals surface area contributed by atoms with Crippen LogP contribution in [0.4, 0.5) is 5.69 Å². The Morgan fingerprint density at radius 2 is 2.00 bits per heavy atom. The van der Waals surface area contributed by atoms with Gasteiger partial charge in [0, 0.05) is 38.4 Å². The first-order valence-electron chi connectivity index (χ1n) is 8.58. The number of nitrogens with zero attached hydrogens (tertiary/aromatic N) is 2. The normalized spacial score (nSPS) is 15.5. The van der Waals surface area contributed by atoms with Crippen LogP contribution in [0.1, 0.15) is 22.5 Å². The zero-order valence-electron chi connectivity index (χ0n) is 14.2. The van der Waals surface area contributed by atoms with Gasteiger partial charge in [0.05, 0.1) is 6.26 Å². The van der Waals surface area contributed by atoms with E-state index in [1.54, 1.807) is 12.1 Å². The van der Waals surface area contributed by atoms with Gasteiger partial charge in [0.2, 0.25) is 0 Å². The minimum Gasteiger partial charge on any atom is -0.459 e. The molecule has 0 atom stereocenters. The Balaban J connectivity index is 1.35. The summed E-state index contributed by atoms with van der Waals surface area (Å²) in [5.41, 5.74) is 2.63. The van der Waals surface area contributed by atoms with E-state index in [2.05, 4.69) is 46.3 Å². The number of anilines is 1. The van der Waals surface area contributed by atoms with Crippen LogP contribution in [0.2, 0.25) is 0 Å². The van der Waals surface area contributed by atoms with Crippen LogP contribution in [0, 0.1) is 6.92 Å². The van der Waals surface area contributed by atoms with Crippen molar-refractivity contribution in [2.24, 2.45) is 0 Å². The SMILES string of the molecule is Cc1cccc(N2CCN(CCCNC(=O)c3ccco3)CC2)c1. The van der Waals surface area contributed by atoms with Crippen LogP contribution in [0.25, 0.3) is 0 Å². The molecule has 24 heavy (non-hydrogen) atoms. The molecule has 1 aromatic carbocycles. The zero-order valence-corrected chi connectivity index (χ0v) is 14.2. The van der Waals surface area contributed by atoms with E-state index >= 15 is 0 Å². The summed E-state index contributed by atoms with van der Waals surface area (Å²) in [5, 5.41) is 2.90. The molecule has 0 bridgehead atoms. The second-order valence-corrected chi connectivity index (χ2v) is 6.25. The molecule has 0 saturated carbocycles. The van der Waals surface area contributed by atoms with Gasteiger partial charge >= 0.3 is 0 Å². The van der Waals surface area contributed by atoms with E-state index in [0.717, 1.165) is 39.1 Å². The minimum atomic E-state index is -0.135. The first kappa shape index (κ1) is 16.6. The Hall–Kier alpha value is -2.27. The molecule has 1 aliphatic heterocycles. The molecule has 1 N–H and O–H groups in total. The Labute approximate surface area is 143 Å². The fraction of sp³-hybridized carbons (Fsp3) is 0.421. The lowest BCUT2D eigenvalue weighted by atomic mass is 10.2. The third-order valence-electron chi connectivity index (χ3n) is 4.42. The number of nitrogens with one attached hydrogen (secondary N) is 1. The highest BCUT2D eigenvalue weighted by Crippen LogP contribution is 2.17. The lowest BCUT2D eigenvalue weighted by Gasteiger charge is -2.36. The number of carbonyl (C=O) groups is 1. The molecular weight excluding hydrogens is 302 g/mol. The smallest absolute Gasteiger partial charge is 0.286 e. The van der Waals surface area contributed by atoms with Gasteiger partial charge in [-0.15, -0.1) is 0 Å². The molecule has 0 unspecified atom stereocenters. The number of amides is 1. The topological polar surface area (TPSA) is 48.7 Å². The maximum absolute atomic E-state index is 11.8. The van der Waals surface area contributed by atoms with Gasteiger partial charge in [-0.1, -0.05) is 12.1 Å². The van der Waals surface area contributed by atoms with Gasteiger partial charge in [-0.25, -0.2) is 0 Å². The van der Waals surface area contributed by atoms with Crippen molar-refractivity contribution < 1.29 is 9.21 Å². The molecule has 2 aromatic rings. The molecule has 2 heterocycles. The van der Waals surface area contributed by atoms with Crippen LogP contribution in [-0.4, -0.2) is 50.1 Å². The largest absolute Gasteiger partial charge is 0.459 e. The van der Waals surface area contributed by atoms with E-state index in [1.807, 2.05) is 0 Å². The number of furan rings is 1. The Morgan fingerprint density at radius 1 is 1.17 bits per heavy atom. The molecule has 1 aromatic heterocycles. The van der Waals surface area contributed by atoms with Gasteiger partial charge < -0.3 is 14.6 Å². The molecule has 1 fully saturated rings. The number of hydrogen-bond acceptors (Lipinski definition) is 4. The maximum Gasteiger partial charge on any atom is 0.286 e. The predicted octanol–water partition coefficient (Wildman–Crippen LogP) is 2.53. The molecule has 0 radical (unpaired) electrons. The van der Waals surface area contributed by atoms with Crippen LogP contribution in [-0.2, 0) is 0 Å². The highest BCUT2D eigenvalue weighted by molar-refractivity contribution is 5.91. The number of hydrogen-bond donors (Lipinski definition) is 1. The Bertz CT molecular complexity index is 646. The quantitative estimate of drug-likeness (QED) is 0.828. The second kappa shape index (κ2) is 8.02. The summed E-state index contributed by atoms with van der Waals surface area (Å²) < 4.78 is 5.08. The first-order valence-corrected chi connectivity index (χ1v) is 8.58. The molecule has 0 aliphatic carbocycles. The third-order valence-corrected chi connectivity index (χ3v) is 4.42. The monoisotopic (exact) mass is 327 g/mol. The van der Waals surface area contributed by atoms with Gasteiger partial charge in [-0.3, -0.25) is 9.69 Å². The number of aryl methyl sites for hydroxylation is 1. The summed E-state index contributed by atoms with van der Waals surface area (Å²) in [4.78, 5) is 16.7. The molecule has 1 amide bonds. The summed E-state index contributed by atoms with van der Waals surface area (Å²) in [5.74, 6) is 0.242. The van der Waals surface area contributed by atoms with E-state index in [1.165, 1.54) is 17.5 Å². The van der Waals surface area contributed by atoms with Crippen molar-refractivity contribution in [1.82, 2.24) is 10.2 Å². The van der Waals surface area contributed by atoms with Crippen molar-refractivity contribution in [2.45, 2.75) is 13.3 Å². The fourth-order valence-electron chi connectivity index (χ4n) is 3.05. The van der Waals surface area contributed by atoms with Crippen molar-refractivity contribution in [3.8, 4) is 0 Å². The zero-order chi connectivity index (χ0) is 16.8. The van der Waals surface area contributed by atoms with Gasteiger partial charge in [0.1, 0.15) is 0 Å². The van der Waals surface area contributed by atoms with Gasteiger partial charge in [-0.2, -0.15) is 0 Å². The van der Waals surface area contributed by atoms with Crippen molar-refractivity contribution in [1.29, 1.82) is 0 Å². The molecule has 0 spiro atoms. The minimum absolute atomic E-state index is 0.135. The van der Waals surface area contributed by atoms with Crippen LogP contribution in [0.15, 0.2) is 47.1 Å². The van der Waals surface area contributed by atoms with E-state index < -0.39 is 0 Å². The van der Waals surface area contributed by atoms with Crippen molar-refractivity contribution in [2.75, 3.05) is 44.2 Å². The van der Waals surface area contributed by atoms with Crippen molar-refractivity contribution in [3.05, 3.63) is 54.0 Å². The maximum atomic E-state index is 11.8. The number of rotatable bonds is 6. The van der Waals surface area contributed by atoms with Gasteiger partial charge in [0.15, 0.2) is 5.76 Å². The van der Waals surface area contributed by atoms with Crippen LogP contribution < -0.4 is 10.2 Å². The summed E-state index contributed by atoms with van der Waals surface area (Å²) in [6.45, 7) is 8.08. The lowest BCUT2D eigenvalue weighted by molar-refractivity contribution is 0.0924. The van der Waals surface area contributed by atoms with Crippen molar-refractivity contribution >= 4 is 11.6 Å². The predicted molar refractivity (Wildman–Crippen MR) is 95.5 cm³/mol. The van der Waals surface area contributed by atoms with Crippen molar-refractivity contribution in [3.63, 3.8) is 0 Å². The summed E-state index contributed by atoms with van der Waals surface area (Å²) in [6, 6.07) is 12.1. The molecule has 1 aliphatic rings. The third kappa shape index (κ3) is 4.38. The van der Waals surface area contributed by atoms with Crippen LogP contribution >= 0.6 is 0 Å². The Morgan fingerprint density at radius 3 is 2.71 bits per heavy atom. The molecular formula is C19H25N3O2. The number of carbonyl (C=O) groups excluding carboxylic acids is 1. The molecule has 128 valence electrons. The van der Waals surface area contributed by atoms with Crippen LogP contribution in [0.3, 0.4) is 0 Å². The summed E-state index contributed by atoms with van der Waals surface area (Å²) in [7, 11) is 0. The average Bonchev–Trinajstić information content (AvgIpc) is 3.14. The first-order chi connectivity index (χ1) is 11.7. The van der Waals surface area contributed by atoms with Gasteiger partial charge in [-0.05, 0) is 49.7 Å². The lowest BCUT2D eigenvalue weighted by Crippen LogP contribution is -2.47. The summed E-state index contributed by atoms with van der Waals surface area (Å²) >= 11 is 0. The fourth-order valence-corrected chi connectivity index (χ4v) is 3.05. The van der Waals surface area contributed by atoms with Gasteiger partial charge in [0.25, 0.3) is 5.91 Å². The molecule has 3 rings (SSSR count). The van der Waals surface area contributed by atoms with E-state index in [4.69, 9.17) is 4.42 Å². The van der Waals surface area contributed by atoms with E-state index in [9.17, 15) is 4.79 Å². The second-order valence-electron chi connectivity index (χ2n) is 6.25. The van der Waals surface area contributed by atoms with E-state index in [-0.39, 0.29) is 5.91 Å². The Kier molecular flexibility index (Phi) is 5.54. The van der Waals surface area contributed by atoms with Crippen LogP contribution in [0.5, 0.6) is 0 Å². The number of benzene rings is 1. The van der Waals surface area contributed by atoms with E-state index in [0.29, 0.717) is 12.3 Å². The average molecular weight is 327 g/mol. The number of piperazine rings is 1.